The number of benzene rings is 2. The summed E-state index contributed by atoms with van der Waals surface area (Å²) in [6.45, 7) is 6.08. The Morgan fingerprint density at radius 1 is 1.23 bits per heavy atom. The molecule has 1 heterocycles. The third-order valence-corrected chi connectivity index (χ3v) is 5.50. The van der Waals surface area contributed by atoms with Gasteiger partial charge in [-0.2, -0.15) is 0 Å². The van der Waals surface area contributed by atoms with Crippen molar-refractivity contribution in [3.63, 3.8) is 0 Å². The van der Waals surface area contributed by atoms with Gasteiger partial charge in [-0.15, -0.1) is 0 Å². The van der Waals surface area contributed by atoms with E-state index in [9.17, 15) is 9.18 Å². The Morgan fingerprint density at radius 2 is 1.97 bits per heavy atom. The molecule has 0 saturated carbocycles. The summed E-state index contributed by atoms with van der Waals surface area (Å²) in [5, 5.41) is 3.80. The van der Waals surface area contributed by atoms with Crippen LogP contribution in [0.3, 0.4) is 0 Å². The van der Waals surface area contributed by atoms with Gasteiger partial charge in [-0.25, -0.2) is 4.39 Å². The van der Waals surface area contributed by atoms with E-state index in [-0.39, 0.29) is 18.2 Å². The Balaban J connectivity index is 2.07. The molecule has 1 atom stereocenters. The van der Waals surface area contributed by atoms with Crippen LogP contribution in [0.4, 0.5) is 4.39 Å². The molecule has 2 aromatic rings. The average Bonchev–Trinajstić information content (AvgIpc) is 2.72. The molecule has 158 valence electrons. The van der Waals surface area contributed by atoms with E-state index in [4.69, 9.17) is 21.7 Å². The first kappa shape index (κ1) is 21.8. The molecule has 1 aliphatic rings. The maximum atomic E-state index is 14.1. The highest BCUT2D eigenvalue weighted by atomic mass is 32.1. The number of hydrogen-bond donors (Lipinski definition) is 1. The van der Waals surface area contributed by atoms with Gasteiger partial charge < -0.3 is 19.7 Å². The lowest BCUT2D eigenvalue weighted by Gasteiger charge is -2.37. The van der Waals surface area contributed by atoms with E-state index in [1.54, 1.807) is 31.4 Å². The van der Waals surface area contributed by atoms with E-state index in [0.29, 0.717) is 39.9 Å². The largest absolute Gasteiger partial charge is 0.493 e. The van der Waals surface area contributed by atoms with Gasteiger partial charge in [-0.1, -0.05) is 30.3 Å². The molecule has 1 unspecified atom stereocenters. The van der Waals surface area contributed by atoms with Gasteiger partial charge in [0.05, 0.1) is 13.2 Å². The van der Waals surface area contributed by atoms with Crippen molar-refractivity contribution in [1.29, 1.82) is 0 Å². The predicted octanol–water partition coefficient (Wildman–Crippen LogP) is 4.53. The number of carbonyl (C=O) groups excluding carboxylic acids is 1. The minimum Gasteiger partial charge on any atom is -0.493 e. The lowest BCUT2D eigenvalue weighted by molar-refractivity contribution is -0.114. The molecule has 1 aliphatic heterocycles. The maximum absolute atomic E-state index is 14.1. The second kappa shape index (κ2) is 9.26. The molecule has 7 heteroatoms. The van der Waals surface area contributed by atoms with Crippen LogP contribution in [0.25, 0.3) is 0 Å². The van der Waals surface area contributed by atoms with Crippen molar-refractivity contribution in [2.75, 3.05) is 13.7 Å². The van der Waals surface area contributed by atoms with Crippen LogP contribution < -0.4 is 14.8 Å². The van der Waals surface area contributed by atoms with Gasteiger partial charge in [0.1, 0.15) is 12.4 Å². The van der Waals surface area contributed by atoms with Crippen molar-refractivity contribution in [2.45, 2.75) is 33.4 Å². The first-order chi connectivity index (χ1) is 14.4. The van der Waals surface area contributed by atoms with Crippen LogP contribution in [-0.4, -0.2) is 29.5 Å². The van der Waals surface area contributed by atoms with Gasteiger partial charge in [-0.05, 0) is 45.1 Å². The second-order valence-electron chi connectivity index (χ2n) is 6.94. The zero-order valence-electron chi connectivity index (χ0n) is 17.5. The normalized spacial score (nSPS) is 16.4. The van der Waals surface area contributed by atoms with Crippen molar-refractivity contribution in [3.05, 3.63) is 70.7 Å². The number of thiocarbonyl (C=S) groups is 1. The van der Waals surface area contributed by atoms with Crippen LogP contribution in [0.5, 0.6) is 11.5 Å². The zero-order valence-corrected chi connectivity index (χ0v) is 18.3. The number of methoxy groups -OCH3 is 1. The van der Waals surface area contributed by atoms with Crippen LogP contribution in [0, 0.1) is 5.82 Å². The van der Waals surface area contributed by atoms with Gasteiger partial charge in [-0.3, -0.25) is 4.79 Å². The average molecular weight is 429 g/mol. The standard InChI is InChI=1S/C23H25FN2O3S/c1-5-26-14(2)20(15(3)27)21(25-23(26)30)17-10-8-12-19(28-4)22(17)29-13-16-9-6-7-11-18(16)24/h6-12,21H,5,13H2,1-4H3,(H,25,30). The molecule has 0 amide bonds. The minimum atomic E-state index is -0.497. The van der Waals surface area contributed by atoms with Gasteiger partial charge in [0.15, 0.2) is 22.4 Å². The molecule has 0 spiro atoms. The number of ketones is 1. The molecule has 0 saturated heterocycles. The monoisotopic (exact) mass is 428 g/mol. The molecule has 0 fully saturated rings. The van der Waals surface area contributed by atoms with Gasteiger partial charge >= 0.3 is 0 Å². The number of carbonyl (C=O) groups is 1. The smallest absolute Gasteiger partial charge is 0.173 e. The molecule has 2 aromatic carbocycles. The number of rotatable bonds is 7. The fourth-order valence-corrected chi connectivity index (χ4v) is 4.08. The van der Waals surface area contributed by atoms with E-state index in [2.05, 4.69) is 5.32 Å². The number of allylic oxidation sites excluding steroid dienone is 1. The highest BCUT2D eigenvalue weighted by Crippen LogP contribution is 2.40. The van der Waals surface area contributed by atoms with Gasteiger partial charge in [0.2, 0.25) is 0 Å². The first-order valence-corrected chi connectivity index (χ1v) is 10.1. The quantitative estimate of drug-likeness (QED) is 0.654. The molecular weight excluding hydrogens is 403 g/mol. The number of Topliss-reactive ketones (excluding diaryl/α,β-unsaturated/α-hetero) is 1. The Labute approximate surface area is 181 Å². The van der Waals surface area contributed by atoms with Crippen LogP contribution >= 0.6 is 12.2 Å². The van der Waals surface area contributed by atoms with E-state index in [1.165, 1.54) is 13.0 Å². The number of nitrogens with one attached hydrogen (secondary N) is 1. The van der Waals surface area contributed by atoms with Crippen LogP contribution in [0.2, 0.25) is 0 Å². The van der Waals surface area contributed by atoms with Crippen LogP contribution in [0.1, 0.15) is 37.9 Å². The van der Waals surface area contributed by atoms with Crippen molar-refractivity contribution in [3.8, 4) is 11.5 Å². The Kier molecular flexibility index (Phi) is 6.72. The lowest BCUT2D eigenvalue weighted by Crippen LogP contribution is -2.47. The maximum Gasteiger partial charge on any atom is 0.173 e. The molecule has 3 rings (SSSR count). The third kappa shape index (κ3) is 4.16. The van der Waals surface area contributed by atoms with Crippen molar-refractivity contribution in [1.82, 2.24) is 10.2 Å². The summed E-state index contributed by atoms with van der Waals surface area (Å²) < 4.78 is 25.6. The van der Waals surface area contributed by atoms with Crippen LogP contribution in [0.15, 0.2) is 53.7 Å². The fraction of sp³-hybridized carbons (Fsp3) is 0.304. The molecule has 0 bridgehead atoms. The number of nitrogens with zero attached hydrogens (tertiary/aromatic N) is 1. The number of hydrogen-bond acceptors (Lipinski definition) is 4. The molecule has 30 heavy (non-hydrogen) atoms. The topological polar surface area (TPSA) is 50.8 Å². The van der Waals surface area contributed by atoms with Gasteiger partial charge in [0, 0.05) is 28.9 Å². The molecule has 5 nitrogen and oxygen atoms in total. The zero-order chi connectivity index (χ0) is 21.8. The van der Waals surface area contributed by atoms with Gasteiger partial charge in [0.25, 0.3) is 0 Å². The second-order valence-corrected chi connectivity index (χ2v) is 7.33. The van der Waals surface area contributed by atoms with Crippen molar-refractivity contribution in [2.24, 2.45) is 0 Å². The number of para-hydroxylation sites is 1. The number of halogens is 1. The highest BCUT2D eigenvalue weighted by Gasteiger charge is 2.34. The molecule has 0 aliphatic carbocycles. The highest BCUT2D eigenvalue weighted by molar-refractivity contribution is 7.80. The van der Waals surface area contributed by atoms with E-state index in [1.807, 2.05) is 30.9 Å². The van der Waals surface area contributed by atoms with Crippen molar-refractivity contribution < 1.29 is 18.7 Å². The summed E-state index contributed by atoms with van der Waals surface area (Å²) in [5.74, 6) is 0.536. The predicted molar refractivity (Wildman–Crippen MR) is 118 cm³/mol. The van der Waals surface area contributed by atoms with E-state index in [0.717, 1.165) is 5.70 Å². The third-order valence-electron chi connectivity index (χ3n) is 5.16. The molecular formula is C23H25FN2O3S. The molecule has 0 aromatic heterocycles. The van der Waals surface area contributed by atoms with Crippen LogP contribution in [-0.2, 0) is 11.4 Å². The summed E-state index contributed by atoms with van der Waals surface area (Å²) in [6.07, 6.45) is 0. The Hall–Kier alpha value is -2.93. The summed E-state index contributed by atoms with van der Waals surface area (Å²) in [4.78, 5) is 14.5. The SMILES string of the molecule is CCN1C(=S)NC(c2cccc(OC)c2OCc2ccccc2F)C(C(C)=O)=C1C. The summed E-state index contributed by atoms with van der Waals surface area (Å²) >= 11 is 5.53. The first-order valence-electron chi connectivity index (χ1n) is 9.71. The van der Waals surface area contributed by atoms with Crippen molar-refractivity contribution >= 4 is 23.1 Å². The Morgan fingerprint density at radius 3 is 2.60 bits per heavy atom. The number of ether oxygens (including phenoxy) is 2. The summed E-state index contributed by atoms with van der Waals surface area (Å²) in [5.41, 5.74) is 2.54. The van der Waals surface area contributed by atoms with E-state index >= 15 is 0 Å². The minimum absolute atomic E-state index is 0.0242. The van der Waals surface area contributed by atoms with E-state index < -0.39 is 6.04 Å². The summed E-state index contributed by atoms with van der Waals surface area (Å²) in [7, 11) is 1.54. The Bertz CT molecular complexity index is 1010. The fourth-order valence-electron chi connectivity index (χ4n) is 3.69. The lowest BCUT2D eigenvalue weighted by atomic mass is 9.91. The molecule has 0 radical (unpaired) electrons. The molecule has 1 N–H and O–H groups in total. The summed E-state index contributed by atoms with van der Waals surface area (Å²) in [6, 6.07) is 11.4.